The second-order valence-electron chi connectivity index (χ2n) is 5.11. The van der Waals surface area contributed by atoms with Gasteiger partial charge in [-0.3, -0.25) is 4.72 Å². The molecule has 1 aliphatic rings. The number of hydrogen-bond donors (Lipinski definition) is 1. The topological polar surface area (TPSA) is 12.0 Å². The van der Waals surface area contributed by atoms with E-state index in [0.29, 0.717) is 4.75 Å². The molecule has 1 N–H and O–H groups in total. The fourth-order valence-corrected chi connectivity index (χ4v) is 3.53. The van der Waals surface area contributed by atoms with Gasteiger partial charge in [-0.05, 0) is 53.2 Å². The summed E-state index contributed by atoms with van der Waals surface area (Å²) in [4.78, 5) is 1.51. The minimum absolute atomic E-state index is 0.284. The molecule has 88 valence electrons. The van der Waals surface area contributed by atoms with E-state index in [9.17, 15) is 0 Å². The normalized spacial score (nSPS) is 21.3. The summed E-state index contributed by atoms with van der Waals surface area (Å²) >= 11 is 3.76. The number of hydrogen-bond acceptors (Lipinski definition) is 3. The van der Waals surface area contributed by atoms with Crippen LogP contribution in [0.4, 0.5) is 0 Å². The molecule has 0 unspecified atom stereocenters. The van der Waals surface area contributed by atoms with E-state index >= 15 is 0 Å². The second-order valence-corrected chi connectivity index (χ2v) is 7.59. The summed E-state index contributed by atoms with van der Waals surface area (Å²) in [5, 5.41) is 0. The molecule has 0 radical (unpaired) electrons. The first kappa shape index (κ1) is 13.5. The molecular weight excluding hydrogens is 222 g/mol. The van der Waals surface area contributed by atoms with Gasteiger partial charge in [0.25, 0.3) is 0 Å². The molecule has 1 rings (SSSR count). The third-order valence-electron chi connectivity index (χ3n) is 2.71. The Kier molecular flexibility index (Phi) is 4.63. The van der Waals surface area contributed by atoms with Crippen LogP contribution < -0.4 is 4.72 Å². The molecule has 0 aromatic heterocycles. The van der Waals surface area contributed by atoms with E-state index in [-0.39, 0.29) is 5.54 Å². The second kappa shape index (κ2) is 5.15. The van der Waals surface area contributed by atoms with Crippen molar-refractivity contribution in [1.82, 2.24) is 4.72 Å². The van der Waals surface area contributed by atoms with E-state index in [0.717, 1.165) is 0 Å². The number of allylic oxidation sites excluding steroid dienone is 1. The summed E-state index contributed by atoms with van der Waals surface area (Å²) in [7, 11) is 0. The van der Waals surface area contributed by atoms with Crippen molar-refractivity contribution in [3.8, 4) is 0 Å². The third kappa shape index (κ3) is 3.43. The Bertz CT molecular complexity index is 236. The standard InChI is InChI=1S/C12H23NS2/c1-6-10(14-5)12(8-7-9-12)13-15-11(2,3)4/h6,13H,7-9H2,1-5H3/b10-6-. The molecular formula is C12H23NS2. The first-order valence-corrected chi connectivity index (χ1v) is 7.63. The molecule has 0 aliphatic heterocycles. The lowest BCUT2D eigenvalue weighted by Crippen LogP contribution is -2.49. The SMILES string of the molecule is C/C=C(\SC)C1(NSC(C)(C)C)CCC1. The van der Waals surface area contributed by atoms with Gasteiger partial charge in [-0.15, -0.1) is 11.8 Å². The van der Waals surface area contributed by atoms with Gasteiger partial charge in [-0.1, -0.05) is 18.0 Å². The van der Waals surface area contributed by atoms with Crippen LogP contribution in [0.2, 0.25) is 0 Å². The minimum Gasteiger partial charge on any atom is -0.253 e. The summed E-state index contributed by atoms with van der Waals surface area (Å²) in [5.74, 6) is 0. The smallest absolute Gasteiger partial charge is 0.0586 e. The van der Waals surface area contributed by atoms with Crippen LogP contribution in [-0.4, -0.2) is 16.5 Å². The van der Waals surface area contributed by atoms with Crippen molar-refractivity contribution >= 4 is 23.7 Å². The number of nitrogens with one attached hydrogen (secondary N) is 1. The molecule has 0 heterocycles. The Hall–Kier alpha value is 0.400. The van der Waals surface area contributed by atoms with Crippen LogP contribution in [0.1, 0.15) is 47.0 Å². The van der Waals surface area contributed by atoms with E-state index in [1.807, 2.05) is 23.7 Å². The summed E-state index contributed by atoms with van der Waals surface area (Å²) in [6.45, 7) is 8.91. The Morgan fingerprint density at radius 3 is 2.20 bits per heavy atom. The van der Waals surface area contributed by atoms with E-state index in [2.05, 4.69) is 44.7 Å². The molecule has 3 heteroatoms. The summed E-state index contributed by atoms with van der Waals surface area (Å²) in [5.41, 5.74) is 0.284. The van der Waals surface area contributed by atoms with Crippen molar-refractivity contribution in [1.29, 1.82) is 0 Å². The molecule has 0 aromatic carbocycles. The zero-order valence-corrected chi connectivity index (χ0v) is 12.1. The van der Waals surface area contributed by atoms with Gasteiger partial charge in [-0.25, -0.2) is 0 Å². The van der Waals surface area contributed by atoms with Crippen molar-refractivity contribution < 1.29 is 0 Å². The van der Waals surface area contributed by atoms with Crippen LogP contribution in [0.15, 0.2) is 11.0 Å². The van der Waals surface area contributed by atoms with Crippen molar-refractivity contribution in [3.05, 3.63) is 11.0 Å². The number of thioether (sulfide) groups is 1. The van der Waals surface area contributed by atoms with Crippen LogP contribution >= 0.6 is 23.7 Å². The van der Waals surface area contributed by atoms with E-state index in [1.165, 1.54) is 24.2 Å². The predicted octanol–water partition coefficient (Wildman–Crippen LogP) is 4.21. The largest absolute Gasteiger partial charge is 0.253 e. The highest BCUT2D eigenvalue weighted by atomic mass is 32.2. The van der Waals surface area contributed by atoms with Gasteiger partial charge in [0.1, 0.15) is 0 Å². The van der Waals surface area contributed by atoms with Crippen LogP contribution in [0, 0.1) is 0 Å². The Morgan fingerprint density at radius 1 is 1.33 bits per heavy atom. The minimum atomic E-state index is 0.284. The summed E-state index contributed by atoms with van der Waals surface area (Å²) < 4.78 is 3.99. The zero-order chi connectivity index (χ0) is 11.5. The zero-order valence-electron chi connectivity index (χ0n) is 10.5. The molecule has 0 saturated heterocycles. The molecule has 1 fully saturated rings. The molecule has 15 heavy (non-hydrogen) atoms. The quantitative estimate of drug-likeness (QED) is 0.745. The van der Waals surface area contributed by atoms with Gasteiger partial charge in [-0.2, -0.15) is 0 Å². The Balaban J connectivity index is 2.61. The van der Waals surface area contributed by atoms with Crippen LogP contribution in [0.3, 0.4) is 0 Å². The summed E-state index contributed by atoms with van der Waals surface area (Å²) in [6, 6.07) is 0. The third-order valence-corrected chi connectivity index (χ3v) is 4.88. The molecule has 1 nitrogen and oxygen atoms in total. The van der Waals surface area contributed by atoms with Gasteiger partial charge in [0.15, 0.2) is 0 Å². The molecule has 1 aliphatic carbocycles. The van der Waals surface area contributed by atoms with Crippen molar-refractivity contribution in [2.24, 2.45) is 0 Å². The molecule has 0 aromatic rings. The Labute approximate surface area is 103 Å². The predicted molar refractivity (Wildman–Crippen MR) is 74.3 cm³/mol. The molecule has 0 atom stereocenters. The van der Waals surface area contributed by atoms with Crippen LogP contribution in [-0.2, 0) is 0 Å². The lowest BCUT2D eigenvalue weighted by molar-refractivity contribution is 0.288. The Morgan fingerprint density at radius 2 is 1.93 bits per heavy atom. The highest BCUT2D eigenvalue weighted by Gasteiger charge is 2.40. The van der Waals surface area contributed by atoms with E-state index < -0.39 is 0 Å². The van der Waals surface area contributed by atoms with E-state index in [4.69, 9.17) is 0 Å². The summed E-state index contributed by atoms with van der Waals surface area (Å²) in [6.07, 6.45) is 8.38. The molecule has 0 spiro atoms. The van der Waals surface area contributed by atoms with Crippen molar-refractivity contribution in [2.75, 3.05) is 6.26 Å². The van der Waals surface area contributed by atoms with Gasteiger partial charge in [0, 0.05) is 9.65 Å². The molecule has 0 amide bonds. The average Bonchev–Trinajstić information content (AvgIpc) is 2.07. The maximum Gasteiger partial charge on any atom is 0.0586 e. The van der Waals surface area contributed by atoms with Gasteiger partial charge >= 0.3 is 0 Å². The first-order chi connectivity index (χ1) is 6.93. The lowest BCUT2D eigenvalue weighted by atomic mass is 9.77. The van der Waals surface area contributed by atoms with Crippen molar-refractivity contribution in [3.63, 3.8) is 0 Å². The first-order valence-electron chi connectivity index (χ1n) is 5.59. The van der Waals surface area contributed by atoms with Crippen molar-refractivity contribution in [2.45, 2.75) is 57.2 Å². The number of rotatable bonds is 4. The van der Waals surface area contributed by atoms with Gasteiger partial charge in [0.2, 0.25) is 0 Å². The lowest BCUT2D eigenvalue weighted by Gasteiger charge is -2.45. The average molecular weight is 245 g/mol. The van der Waals surface area contributed by atoms with Crippen LogP contribution in [0.25, 0.3) is 0 Å². The van der Waals surface area contributed by atoms with Gasteiger partial charge < -0.3 is 0 Å². The monoisotopic (exact) mass is 245 g/mol. The maximum atomic E-state index is 3.70. The fraction of sp³-hybridized carbons (Fsp3) is 0.833. The fourth-order valence-electron chi connectivity index (χ4n) is 1.77. The van der Waals surface area contributed by atoms with Gasteiger partial charge in [0.05, 0.1) is 5.54 Å². The van der Waals surface area contributed by atoms with Crippen LogP contribution in [0.5, 0.6) is 0 Å². The maximum absolute atomic E-state index is 3.70. The highest BCUT2D eigenvalue weighted by Crippen LogP contribution is 2.44. The van der Waals surface area contributed by atoms with E-state index in [1.54, 1.807) is 0 Å². The molecule has 1 saturated carbocycles. The molecule has 0 bridgehead atoms. The highest BCUT2D eigenvalue weighted by molar-refractivity contribution is 8.02.